The summed E-state index contributed by atoms with van der Waals surface area (Å²) in [6, 6.07) is 12.3. The van der Waals surface area contributed by atoms with E-state index in [0.29, 0.717) is 0 Å². The Morgan fingerprint density at radius 1 is 1.21 bits per heavy atom. The number of benzene rings is 1. The Bertz CT molecular complexity index is 540. The van der Waals surface area contributed by atoms with Crippen LogP contribution in [0.4, 0.5) is 0 Å². The van der Waals surface area contributed by atoms with Crippen LogP contribution in [0.25, 0.3) is 0 Å². The van der Waals surface area contributed by atoms with E-state index in [1.165, 1.54) is 11.1 Å². The van der Waals surface area contributed by atoms with E-state index in [4.69, 9.17) is 4.74 Å². The van der Waals surface area contributed by atoms with E-state index in [-0.39, 0.29) is 6.04 Å². The van der Waals surface area contributed by atoms with Gasteiger partial charge in [0.15, 0.2) is 0 Å². The monoisotopic (exact) mass is 256 g/mol. The summed E-state index contributed by atoms with van der Waals surface area (Å²) in [5.74, 6) is 0.917. The number of aryl methyl sites for hydroxylation is 1. The molecule has 0 aliphatic heterocycles. The smallest absolute Gasteiger partial charge is 0.123 e. The highest BCUT2D eigenvalue weighted by molar-refractivity contribution is 5.35. The standard InChI is InChI=1S/C16H20N2O/c1-12-7-6-10-17-15(12)11-18-13(2)14-8-4-5-9-16(14)19-3/h4-10,13,18H,11H2,1-3H3. The minimum absolute atomic E-state index is 0.220. The molecule has 0 spiro atoms. The molecule has 0 amide bonds. The molecule has 0 saturated carbocycles. The van der Waals surface area contributed by atoms with Crippen LogP contribution in [0.5, 0.6) is 5.75 Å². The van der Waals surface area contributed by atoms with Crippen LogP contribution in [0.3, 0.4) is 0 Å². The fraction of sp³-hybridized carbons (Fsp3) is 0.312. The van der Waals surface area contributed by atoms with Crippen molar-refractivity contribution in [3.63, 3.8) is 0 Å². The van der Waals surface area contributed by atoms with Crippen molar-refractivity contribution in [3.05, 3.63) is 59.4 Å². The Hall–Kier alpha value is -1.87. The average Bonchev–Trinajstić information content (AvgIpc) is 2.46. The topological polar surface area (TPSA) is 34.1 Å². The van der Waals surface area contributed by atoms with Crippen molar-refractivity contribution < 1.29 is 4.74 Å². The highest BCUT2D eigenvalue weighted by Crippen LogP contribution is 2.24. The molecule has 1 aromatic carbocycles. The van der Waals surface area contributed by atoms with Gasteiger partial charge in [-0.15, -0.1) is 0 Å². The average molecular weight is 256 g/mol. The number of hydrogen-bond donors (Lipinski definition) is 1. The zero-order valence-corrected chi connectivity index (χ0v) is 11.7. The summed E-state index contributed by atoms with van der Waals surface area (Å²) >= 11 is 0. The molecule has 3 nitrogen and oxygen atoms in total. The van der Waals surface area contributed by atoms with E-state index >= 15 is 0 Å². The molecule has 0 radical (unpaired) electrons. The zero-order valence-electron chi connectivity index (χ0n) is 11.7. The summed E-state index contributed by atoms with van der Waals surface area (Å²) in [7, 11) is 1.70. The van der Waals surface area contributed by atoms with Crippen molar-refractivity contribution in [1.82, 2.24) is 10.3 Å². The highest BCUT2D eigenvalue weighted by atomic mass is 16.5. The molecule has 0 aliphatic rings. The van der Waals surface area contributed by atoms with Gasteiger partial charge in [0.2, 0.25) is 0 Å². The van der Waals surface area contributed by atoms with E-state index in [0.717, 1.165) is 18.0 Å². The Balaban J connectivity index is 2.05. The minimum Gasteiger partial charge on any atom is -0.496 e. The summed E-state index contributed by atoms with van der Waals surface area (Å²) in [6.07, 6.45) is 1.83. The van der Waals surface area contributed by atoms with Crippen molar-refractivity contribution in [2.45, 2.75) is 26.4 Å². The molecule has 2 aromatic rings. The third kappa shape index (κ3) is 3.32. The lowest BCUT2D eigenvalue weighted by atomic mass is 10.1. The van der Waals surface area contributed by atoms with Gasteiger partial charge in [0, 0.05) is 24.3 Å². The molecule has 0 saturated heterocycles. The minimum atomic E-state index is 0.220. The number of nitrogens with one attached hydrogen (secondary N) is 1. The van der Waals surface area contributed by atoms with Gasteiger partial charge in [0.25, 0.3) is 0 Å². The molecular weight excluding hydrogens is 236 g/mol. The van der Waals surface area contributed by atoms with Gasteiger partial charge in [0.1, 0.15) is 5.75 Å². The fourth-order valence-electron chi connectivity index (χ4n) is 2.09. The number of pyridine rings is 1. The van der Waals surface area contributed by atoms with Gasteiger partial charge < -0.3 is 10.1 Å². The Kier molecular flexibility index (Phi) is 4.53. The van der Waals surface area contributed by atoms with Crippen molar-refractivity contribution in [3.8, 4) is 5.75 Å². The fourth-order valence-corrected chi connectivity index (χ4v) is 2.09. The van der Waals surface area contributed by atoms with Crippen LogP contribution in [0.15, 0.2) is 42.6 Å². The van der Waals surface area contributed by atoms with E-state index in [2.05, 4.69) is 36.3 Å². The number of rotatable bonds is 5. The normalized spacial score (nSPS) is 12.2. The predicted octanol–water partition coefficient (Wildman–Crippen LogP) is 3.25. The first-order valence-electron chi connectivity index (χ1n) is 6.49. The van der Waals surface area contributed by atoms with E-state index < -0.39 is 0 Å². The SMILES string of the molecule is COc1ccccc1C(C)NCc1ncccc1C. The number of nitrogens with zero attached hydrogens (tertiary/aromatic N) is 1. The maximum atomic E-state index is 5.39. The van der Waals surface area contributed by atoms with Gasteiger partial charge in [-0.3, -0.25) is 4.98 Å². The van der Waals surface area contributed by atoms with Crippen LogP contribution >= 0.6 is 0 Å². The second kappa shape index (κ2) is 6.34. The molecule has 100 valence electrons. The van der Waals surface area contributed by atoms with Crippen molar-refractivity contribution in [1.29, 1.82) is 0 Å². The molecule has 1 unspecified atom stereocenters. The van der Waals surface area contributed by atoms with E-state index in [1.807, 2.05) is 30.5 Å². The van der Waals surface area contributed by atoms with Gasteiger partial charge in [-0.1, -0.05) is 24.3 Å². The molecule has 0 bridgehead atoms. The number of para-hydroxylation sites is 1. The third-order valence-corrected chi connectivity index (χ3v) is 3.30. The second-order valence-electron chi connectivity index (χ2n) is 4.61. The van der Waals surface area contributed by atoms with Crippen LogP contribution in [-0.2, 0) is 6.54 Å². The van der Waals surface area contributed by atoms with Crippen LogP contribution < -0.4 is 10.1 Å². The molecule has 19 heavy (non-hydrogen) atoms. The van der Waals surface area contributed by atoms with E-state index in [9.17, 15) is 0 Å². The first kappa shape index (κ1) is 13.6. The lowest BCUT2D eigenvalue weighted by Crippen LogP contribution is -2.19. The van der Waals surface area contributed by atoms with Crippen LogP contribution in [0.2, 0.25) is 0 Å². The second-order valence-corrected chi connectivity index (χ2v) is 4.61. The van der Waals surface area contributed by atoms with Crippen molar-refractivity contribution in [2.24, 2.45) is 0 Å². The summed E-state index contributed by atoms with van der Waals surface area (Å²) in [4.78, 5) is 4.39. The lowest BCUT2D eigenvalue weighted by molar-refractivity contribution is 0.401. The van der Waals surface area contributed by atoms with Crippen LogP contribution in [0, 0.1) is 6.92 Å². The third-order valence-electron chi connectivity index (χ3n) is 3.30. The van der Waals surface area contributed by atoms with Gasteiger partial charge in [-0.05, 0) is 31.5 Å². The zero-order chi connectivity index (χ0) is 13.7. The molecule has 1 aromatic heterocycles. The highest BCUT2D eigenvalue weighted by Gasteiger charge is 2.10. The molecule has 1 heterocycles. The quantitative estimate of drug-likeness (QED) is 0.891. The summed E-state index contributed by atoms with van der Waals surface area (Å²) in [5, 5.41) is 3.49. The van der Waals surface area contributed by atoms with Gasteiger partial charge in [-0.2, -0.15) is 0 Å². The Morgan fingerprint density at radius 3 is 2.74 bits per heavy atom. The van der Waals surface area contributed by atoms with Crippen LogP contribution in [-0.4, -0.2) is 12.1 Å². The number of ether oxygens (including phenoxy) is 1. The van der Waals surface area contributed by atoms with E-state index in [1.54, 1.807) is 7.11 Å². The molecule has 3 heteroatoms. The van der Waals surface area contributed by atoms with Crippen molar-refractivity contribution >= 4 is 0 Å². The molecule has 1 atom stereocenters. The Labute approximate surface area is 114 Å². The molecule has 2 rings (SSSR count). The summed E-state index contributed by atoms with van der Waals surface area (Å²) in [6.45, 7) is 4.97. The molecule has 1 N–H and O–H groups in total. The molecular formula is C16H20N2O. The maximum Gasteiger partial charge on any atom is 0.123 e. The first-order valence-corrected chi connectivity index (χ1v) is 6.49. The maximum absolute atomic E-state index is 5.39. The summed E-state index contributed by atoms with van der Waals surface area (Å²) < 4.78 is 5.39. The molecule has 0 aliphatic carbocycles. The predicted molar refractivity (Wildman–Crippen MR) is 77.2 cm³/mol. The number of aromatic nitrogens is 1. The van der Waals surface area contributed by atoms with Gasteiger partial charge >= 0.3 is 0 Å². The first-order chi connectivity index (χ1) is 9.22. The van der Waals surface area contributed by atoms with Crippen molar-refractivity contribution in [2.75, 3.05) is 7.11 Å². The lowest BCUT2D eigenvalue weighted by Gasteiger charge is -2.17. The molecule has 0 fully saturated rings. The van der Waals surface area contributed by atoms with Gasteiger partial charge in [-0.25, -0.2) is 0 Å². The number of hydrogen-bond acceptors (Lipinski definition) is 3. The summed E-state index contributed by atoms with van der Waals surface area (Å²) in [5.41, 5.74) is 3.46. The largest absolute Gasteiger partial charge is 0.496 e. The number of methoxy groups -OCH3 is 1. The van der Waals surface area contributed by atoms with Gasteiger partial charge in [0.05, 0.1) is 12.8 Å². The van der Waals surface area contributed by atoms with Crippen LogP contribution in [0.1, 0.15) is 29.8 Å². The Morgan fingerprint density at radius 2 is 2.00 bits per heavy atom.